The van der Waals surface area contributed by atoms with E-state index in [1.807, 2.05) is 30.2 Å². The van der Waals surface area contributed by atoms with Gasteiger partial charge < -0.3 is 19.8 Å². The third kappa shape index (κ3) is 4.68. The predicted octanol–water partition coefficient (Wildman–Crippen LogP) is 4.13. The number of benzene rings is 1. The van der Waals surface area contributed by atoms with Crippen molar-refractivity contribution in [1.29, 1.82) is 0 Å². The van der Waals surface area contributed by atoms with Crippen molar-refractivity contribution in [2.75, 3.05) is 20.2 Å². The molecule has 1 unspecified atom stereocenters. The van der Waals surface area contributed by atoms with Crippen LogP contribution in [-0.2, 0) is 14.3 Å². The topological polar surface area (TPSA) is 99.4 Å². The SMILES string of the molecule is COC(C1=C(c2csc3ccccc23)N2CCN=C2S1)C1CC1.O=C(O)/C=C/C(=O)O. The minimum absolute atomic E-state index is 0.224. The number of rotatable bonds is 6. The lowest BCUT2D eigenvalue weighted by atomic mass is 10.1. The molecule has 2 aliphatic heterocycles. The minimum atomic E-state index is -1.26. The fourth-order valence-electron chi connectivity index (χ4n) is 3.69. The van der Waals surface area contributed by atoms with Gasteiger partial charge in [-0.25, -0.2) is 9.59 Å². The Bertz CT molecular complexity index is 1080. The average Bonchev–Trinajstić information content (AvgIpc) is 3.17. The predicted molar refractivity (Wildman–Crippen MR) is 123 cm³/mol. The zero-order chi connectivity index (χ0) is 22.0. The van der Waals surface area contributed by atoms with Gasteiger partial charge in [-0.15, -0.1) is 11.3 Å². The number of thioether (sulfide) groups is 1. The third-order valence-electron chi connectivity index (χ3n) is 5.17. The Balaban J connectivity index is 0.000000250. The highest BCUT2D eigenvalue weighted by Gasteiger charge is 2.42. The number of ether oxygens (including phenoxy) is 1. The van der Waals surface area contributed by atoms with Crippen molar-refractivity contribution in [1.82, 2.24) is 4.90 Å². The summed E-state index contributed by atoms with van der Waals surface area (Å²) >= 11 is 3.66. The van der Waals surface area contributed by atoms with Crippen molar-refractivity contribution in [3.05, 3.63) is 52.3 Å². The summed E-state index contributed by atoms with van der Waals surface area (Å²) in [6.07, 6.45) is 3.91. The Morgan fingerprint density at radius 3 is 2.58 bits per heavy atom. The van der Waals surface area contributed by atoms with Crippen LogP contribution < -0.4 is 0 Å². The molecule has 3 aliphatic rings. The van der Waals surface area contributed by atoms with Gasteiger partial charge in [0.1, 0.15) is 0 Å². The molecular weight excluding hydrogens is 436 g/mol. The number of carbonyl (C=O) groups is 2. The van der Waals surface area contributed by atoms with Crippen molar-refractivity contribution in [3.63, 3.8) is 0 Å². The molecule has 9 heteroatoms. The number of carboxylic acids is 2. The molecule has 0 radical (unpaired) electrons. The van der Waals surface area contributed by atoms with E-state index in [-0.39, 0.29) is 6.10 Å². The zero-order valence-electron chi connectivity index (χ0n) is 16.9. The van der Waals surface area contributed by atoms with Crippen LogP contribution in [0.2, 0.25) is 0 Å². The molecule has 1 aromatic carbocycles. The Morgan fingerprint density at radius 2 is 1.94 bits per heavy atom. The summed E-state index contributed by atoms with van der Waals surface area (Å²) in [5, 5.41) is 20.4. The standard InChI is InChI=1S/C18H18N2OS2.C4H4O4/c1-21-16(11-6-7-11)17-15(20-9-8-19-18(20)23-17)13-10-22-14-5-3-2-4-12(13)14;5-3(6)1-2-4(7)8/h2-5,10-11,16H,6-9H2,1H3;1-2H,(H,5,6)(H,7,8)/b;2-1+. The summed E-state index contributed by atoms with van der Waals surface area (Å²) in [6.45, 7) is 1.90. The molecule has 31 heavy (non-hydrogen) atoms. The molecule has 162 valence electrons. The second-order valence-corrected chi connectivity index (χ2v) is 9.20. The van der Waals surface area contributed by atoms with Gasteiger partial charge in [0, 0.05) is 51.7 Å². The van der Waals surface area contributed by atoms with Crippen molar-refractivity contribution < 1.29 is 24.5 Å². The number of hydrogen-bond donors (Lipinski definition) is 2. The molecule has 1 saturated carbocycles. The lowest BCUT2D eigenvalue weighted by molar-refractivity contribution is -0.134. The molecular formula is C22H22N2O5S2. The number of aliphatic imine (C=N–C) groups is 1. The van der Waals surface area contributed by atoms with Crippen LogP contribution in [0.1, 0.15) is 18.4 Å². The van der Waals surface area contributed by atoms with Crippen molar-refractivity contribution >= 4 is 56.0 Å². The van der Waals surface area contributed by atoms with Crippen LogP contribution in [0.5, 0.6) is 0 Å². The summed E-state index contributed by atoms with van der Waals surface area (Å²) in [4.78, 5) is 27.6. The Labute approximate surface area is 187 Å². The maximum Gasteiger partial charge on any atom is 0.328 e. The summed E-state index contributed by atoms with van der Waals surface area (Å²) in [5.41, 5.74) is 2.70. The molecule has 7 nitrogen and oxygen atoms in total. The second-order valence-electron chi connectivity index (χ2n) is 7.28. The summed E-state index contributed by atoms with van der Waals surface area (Å²) in [7, 11) is 1.85. The van der Waals surface area contributed by atoms with Crippen LogP contribution in [0.25, 0.3) is 15.8 Å². The number of carboxylic acid groups (broad SMARTS) is 2. The van der Waals surface area contributed by atoms with E-state index in [1.54, 1.807) is 0 Å². The number of aliphatic carboxylic acids is 2. The van der Waals surface area contributed by atoms with E-state index in [2.05, 4.69) is 34.5 Å². The number of hydrogen-bond acceptors (Lipinski definition) is 7. The first-order chi connectivity index (χ1) is 15.0. The highest BCUT2D eigenvalue weighted by Crippen LogP contribution is 2.50. The number of fused-ring (bicyclic) bond motifs is 2. The van der Waals surface area contributed by atoms with E-state index in [9.17, 15) is 9.59 Å². The Hall–Kier alpha value is -2.62. The monoisotopic (exact) mass is 458 g/mol. The molecule has 1 aromatic heterocycles. The maximum absolute atomic E-state index is 9.55. The molecule has 0 saturated heterocycles. The van der Waals surface area contributed by atoms with Gasteiger partial charge in [-0.1, -0.05) is 30.0 Å². The van der Waals surface area contributed by atoms with Crippen LogP contribution in [0.4, 0.5) is 0 Å². The minimum Gasteiger partial charge on any atom is -0.478 e. The van der Waals surface area contributed by atoms with Crippen molar-refractivity contribution in [3.8, 4) is 0 Å². The van der Waals surface area contributed by atoms with E-state index >= 15 is 0 Å². The van der Waals surface area contributed by atoms with E-state index in [0.29, 0.717) is 18.1 Å². The molecule has 0 amide bonds. The average molecular weight is 459 g/mol. The largest absolute Gasteiger partial charge is 0.478 e. The van der Waals surface area contributed by atoms with Crippen LogP contribution in [0, 0.1) is 5.92 Å². The normalized spacial score (nSPS) is 18.7. The maximum atomic E-state index is 9.55. The van der Waals surface area contributed by atoms with Crippen LogP contribution in [-0.4, -0.2) is 58.5 Å². The Morgan fingerprint density at radius 1 is 1.23 bits per heavy atom. The highest BCUT2D eigenvalue weighted by molar-refractivity contribution is 8.17. The van der Waals surface area contributed by atoms with E-state index in [1.165, 1.54) is 39.1 Å². The van der Waals surface area contributed by atoms with Gasteiger partial charge in [-0.05, 0) is 24.8 Å². The molecule has 1 fully saturated rings. The number of methoxy groups -OCH3 is 1. The second kappa shape index (κ2) is 9.25. The van der Waals surface area contributed by atoms with Crippen LogP contribution in [0.15, 0.2) is 51.7 Å². The van der Waals surface area contributed by atoms with Gasteiger partial charge in [0.25, 0.3) is 0 Å². The van der Waals surface area contributed by atoms with Gasteiger partial charge >= 0.3 is 11.9 Å². The van der Waals surface area contributed by atoms with Gasteiger partial charge in [-0.2, -0.15) is 0 Å². The summed E-state index contributed by atoms with van der Waals surface area (Å²) < 4.78 is 7.26. The van der Waals surface area contributed by atoms with Gasteiger partial charge in [0.2, 0.25) is 0 Å². The zero-order valence-corrected chi connectivity index (χ0v) is 18.5. The lowest BCUT2D eigenvalue weighted by Gasteiger charge is -2.20. The number of nitrogens with zero attached hydrogens (tertiary/aromatic N) is 2. The highest BCUT2D eigenvalue weighted by atomic mass is 32.2. The lowest BCUT2D eigenvalue weighted by Crippen LogP contribution is -2.21. The van der Waals surface area contributed by atoms with Crippen LogP contribution >= 0.6 is 23.1 Å². The molecule has 1 atom stereocenters. The molecule has 2 aromatic rings. The molecule has 0 spiro atoms. The third-order valence-corrected chi connectivity index (χ3v) is 7.31. The number of thiophene rings is 1. The van der Waals surface area contributed by atoms with E-state index in [4.69, 9.17) is 19.9 Å². The van der Waals surface area contributed by atoms with E-state index in [0.717, 1.165) is 18.3 Å². The van der Waals surface area contributed by atoms with Gasteiger partial charge in [0.15, 0.2) is 5.17 Å². The summed E-state index contributed by atoms with van der Waals surface area (Å²) in [6, 6.07) is 8.70. The number of amidine groups is 1. The molecule has 3 heterocycles. The molecule has 0 bridgehead atoms. The quantitative estimate of drug-likeness (QED) is 0.628. The first kappa shape index (κ1) is 21.6. The molecule has 2 N–H and O–H groups in total. The smallest absolute Gasteiger partial charge is 0.328 e. The van der Waals surface area contributed by atoms with Gasteiger partial charge in [0.05, 0.1) is 18.3 Å². The van der Waals surface area contributed by atoms with Gasteiger partial charge in [-0.3, -0.25) is 4.99 Å². The van der Waals surface area contributed by atoms with E-state index < -0.39 is 11.9 Å². The molecule has 1 aliphatic carbocycles. The fraction of sp³-hybridized carbons (Fsp3) is 0.318. The van der Waals surface area contributed by atoms with Crippen molar-refractivity contribution in [2.24, 2.45) is 10.9 Å². The Kier molecular flexibility index (Phi) is 6.45. The first-order valence-corrected chi connectivity index (χ1v) is 11.6. The first-order valence-electron chi connectivity index (χ1n) is 9.87. The molecule has 5 rings (SSSR count). The van der Waals surface area contributed by atoms with Crippen molar-refractivity contribution in [2.45, 2.75) is 18.9 Å². The van der Waals surface area contributed by atoms with Crippen LogP contribution in [0.3, 0.4) is 0 Å². The summed E-state index contributed by atoms with van der Waals surface area (Å²) in [5.74, 6) is -1.83. The fourth-order valence-corrected chi connectivity index (χ4v) is 6.00.